The summed E-state index contributed by atoms with van der Waals surface area (Å²) in [5.41, 5.74) is 1.99. The van der Waals surface area contributed by atoms with Crippen molar-refractivity contribution in [3.63, 3.8) is 0 Å². The van der Waals surface area contributed by atoms with Crippen LogP contribution in [-0.2, 0) is 0 Å². The van der Waals surface area contributed by atoms with Crippen LogP contribution >= 0.6 is 0 Å². The van der Waals surface area contributed by atoms with Crippen LogP contribution < -0.4 is 4.74 Å². The normalized spacial score (nSPS) is 10.0. The number of aromatic nitrogens is 2. The van der Waals surface area contributed by atoms with Crippen molar-refractivity contribution in [2.24, 2.45) is 0 Å². The van der Waals surface area contributed by atoms with Gasteiger partial charge in [0, 0.05) is 12.4 Å². The number of carbonyl (C=O) groups excluding carboxylic acids is 1. The molecule has 17 heavy (non-hydrogen) atoms. The Balaban J connectivity index is 2.47. The Morgan fingerprint density at radius 1 is 1.24 bits per heavy atom. The van der Waals surface area contributed by atoms with Gasteiger partial charge in [-0.1, -0.05) is 11.6 Å². The first-order valence-electron chi connectivity index (χ1n) is 5.16. The maximum Gasteiger partial charge on any atom is 0.199 e. The molecule has 0 N–H and O–H groups in total. The molecule has 0 aliphatic heterocycles. The standard InChI is InChI=1S/C13H12N2O2/c1-9-3-4-12(17-2)11(5-9)13(16)10-6-14-8-15-7-10/h3-8H,1-2H3. The number of ketones is 1. The zero-order valence-electron chi connectivity index (χ0n) is 9.68. The fourth-order valence-corrected chi connectivity index (χ4v) is 1.57. The van der Waals surface area contributed by atoms with Crippen LogP contribution in [0, 0.1) is 6.92 Å². The summed E-state index contributed by atoms with van der Waals surface area (Å²) < 4.78 is 5.18. The van der Waals surface area contributed by atoms with Gasteiger partial charge in [-0.25, -0.2) is 9.97 Å². The molecule has 2 aromatic rings. The molecule has 0 radical (unpaired) electrons. The minimum atomic E-state index is -0.133. The Kier molecular flexibility index (Phi) is 3.14. The summed E-state index contributed by atoms with van der Waals surface area (Å²) in [6, 6.07) is 5.48. The van der Waals surface area contributed by atoms with Gasteiger partial charge in [0.2, 0.25) is 0 Å². The fraction of sp³-hybridized carbons (Fsp3) is 0.154. The van der Waals surface area contributed by atoms with E-state index < -0.39 is 0 Å². The first-order chi connectivity index (χ1) is 8.22. The van der Waals surface area contributed by atoms with Crippen LogP contribution in [0.4, 0.5) is 0 Å². The second-order valence-electron chi connectivity index (χ2n) is 3.66. The number of ether oxygens (including phenoxy) is 1. The Labute approximate surface area is 99.3 Å². The number of aryl methyl sites for hydroxylation is 1. The molecule has 0 bridgehead atoms. The van der Waals surface area contributed by atoms with Gasteiger partial charge in [0.1, 0.15) is 12.1 Å². The molecular formula is C13H12N2O2. The van der Waals surface area contributed by atoms with Gasteiger partial charge in [0.25, 0.3) is 0 Å². The zero-order valence-corrected chi connectivity index (χ0v) is 9.68. The van der Waals surface area contributed by atoms with Gasteiger partial charge < -0.3 is 4.74 Å². The molecule has 0 aliphatic rings. The average molecular weight is 228 g/mol. The number of benzene rings is 1. The largest absolute Gasteiger partial charge is 0.496 e. The first kappa shape index (κ1) is 11.3. The molecule has 0 atom stereocenters. The summed E-state index contributed by atoms with van der Waals surface area (Å²) in [6.45, 7) is 1.93. The lowest BCUT2D eigenvalue weighted by molar-refractivity contribution is 0.103. The Morgan fingerprint density at radius 3 is 2.59 bits per heavy atom. The van der Waals surface area contributed by atoms with Gasteiger partial charge in [-0.05, 0) is 19.1 Å². The molecule has 0 fully saturated rings. The number of hydrogen-bond acceptors (Lipinski definition) is 4. The number of rotatable bonds is 3. The highest BCUT2D eigenvalue weighted by Gasteiger charge is 2.14. The molecule has 4 heteroatoms. The highest BCUT2D eigenvalue weighted by Crippen LogP contribution is 2.22. The van der Waals surface area contributed by atoms with Crippen LogP contribution in [0.25, 0.3) is 0 Å². The Hall–Kier alpha value is -2.23. The summed E-state index contributed by atoms with van der Waals surface area (Å²) in [4.78, 5) is 19.9. The van der Waals surface area contributed by atoms with Crippen molar-refractivity contribution in [2.45, 2.75) is 6.92 Å². The van der Waals surface area contributed by atoms with Crippen LogP contribution in [0.15, 0.2) is 36.9 Å². The second kappa shape index (κ2) is 4.74. The summed E-state index contributed by atoms with van der Waals surface area (Å²) in [5.74, 6) is 0.426. The minimum absolute atomic E-state index is 0.133. The molecule has 0 saturated carbocycles. The van der Waals surface area contributed by atoms with Gasteiger partial charge in [0.15, 0.2) is 5.78 Å². The summed E-state index contributed by atoms with van der Waals surface area (Å²) in [7, 11) is 1.54. The third kappa shape index (κ3) is 2.30. The average Bonchev–Trinajstić information content (AvgIpc) is 2.39. The van der Waals surface area contributed by atoms with Crippen molar-refractivity contribution < 1.29 is 9.53 Å². The smallest absolute Gasteiger partial charge is 0.199 e. The van der Waals surface area contributed by atoms with Crippen molar-refractivity contribution in [1.82, 2.24) is 9.97 Å². The van der Waals surface area contributed by atoms with E-state index in [1.165, 1.54) is 18.7 Å². The number of carbonyl (C=O) groups is 1. The van der Waals surface area contributed by atoms with E-state index in [4.69, 9.17) is 4.74 Å². The van der Waals surface area contributed by atoms with E-state index in [2.05, 4.69) is 9.97 Å². The number of nitrogens with zero attached hydrogens (tertiary/aromatic N) is 2. The van der Waals surface area contributed by atoms with E-state index in [1.54, 1.807) is 19.2 Å². The number of methoxy groups -OCH3 is 1. The van der Waals surface area contributed by atoms with Crippen LogP contribution in [0.5, 0.6) is 5.75 Å². The highest BCUT2D eigenvalue weighted by molar-refractivity contribution is 6.10. The van der Waals surface area contributed by atoms with E-state index >= 15 is 0 Å². The van der Waals surface area contributed by atoms with Crippen molar-refractivity contribution in [2.75, 3.05) is 7.11 Å². The van der Waals surface area contributed by atoms with Gasteiger partial charge in [-0.15, -0.1) is 0 Å². The molecule has 1 aromatic heterocycles. The predicted octanol–water partition coefficient (Wildman–Crippen LogP) is 2.02. The van der Waals surface area contributed by atoms with Gasteiger partial charge in [-0.2, -0.15) is 0 Å². The van der Waals surface area contributed by atoms with Crippen molar-refractivity contribution >= 4 is 5.78 Å². The van der Waals surface area contributed by atoms with Crippen LogP contribution in [0.3, 0.4) is 0 Å². The van der Waals surface area contributed by atoms with E-state index in [1.807, 2.05) is 13.0 Å². The lowest BCUT2D eigenvalue weighted by Gasteiger charge is -2.08. The molecule has 0 amide bonds. The van der Waals surface area contributed by atoms with Crippen LogP contribution in [0.2, 0.25) is 0 Å². The molecule has 1 aromatic carbocycles. The van der Waals surface area contributed by atoms with Crippen LogP contribution in [-0.4, -0.2) is 22.9 Å². The molecule has 4 nitrogen and oxygen atoms in total. The highest BCUT2D eigenvalue weighted by atomic mass is 16.5. The van der Waals surface area contributed by atoms with Crippen molar-refractivity contribution in [3.8, 4) is 5.75 Å². The van der Waals surface area contributed by atoms with Gasteiger partial charge in [0.05, 0.1) is 18.2 Å². The molecule has 0 spiro atoms. The molecule has 86 valence electrons. The Morgan fingerprint density at radius 2 is 1.94 bits per heavy atom. The van der Waals surface area contributed by atoms with E-state index in [0.29, 0.717) is 16.9 Å². The fourth-order valence-electron chi connectivity index (χ4n) is 1.57. The summed E-state index contributed by atoms with van der Waals surface area (Å²) >= 11 is 0. The molecular weight excluding hydrogens is 216 g/mol. The van der Waals surface area contributed by atoms with Crippen molar-refractivity contribution in [1.29, 1.82) is 0 Å². The quantitative estimate of drug-likeness (QED) is 0.754. The Bertz CT molecular complexity index is 538. The summed E-state index contributed by atoms with van der Waals surface area (Å²) in [5, 5.41) is 0. The lowest BCUT2D eigenvalue weighted by Crippen LogP contribution is -2.05. The first-order valence-corrected chi connectivity index (χ1v) is 5.16. The van der Waals surface area contributed by atoms with Crippen LogP contribution in [0.1, 0.15) is 21.5 Å². The summed E-state index contributed by atoms with van der Waals surface area (Å²) in [6.07, 6.45) is 4.39. The topological polar surface area (TPSA) is 52.1 Å². The minimum Gasteiger partial charge on any atom is -0.496 e. The number of hydrogen-bond donors (Lipinski definition) is 0. The molecule has 2 rings (SSSR count). The SMILES string of the molecule is COc1ccc(C)cc1C(=O)c1cncnc1. The van der Waals surface area contributed by atoms with E-state index in [9.17, 15) is 4.79 Å². The molecule has 1 heterocycles. The maximum absolute atomic E-state index is 12.2. The van der Waals surface area contributed by atoms with Gasteiger partial charge >= 0.3 is 0 Å². The van der Waals surface area contributed by atoms with E-state index in [0.717, 1.165) is 5.56 Å². The maximum atomic E-state index is 12.2. The molecule has 0 unspecified atom stereocenters. The predicted molar refractivity (Wildman–Crippen MR) is 63.2 cm³/mol. The van der Waals surface area contributed by atoms with Gasteiger partial charge in [-0.3, -0.25) is 4.79 Å². The third-order valence-corrected chi connectivity index (χ3v) is 2.42. The van der Waals surface area contributed by atoms with Crippen molar-refractivity contribution in [3.05, 3.63) is 53.6 Å². The molecule has 0 saturated heterocycles. The second-order valence-corrected chi connectivity index (χ2v) is 3.66. The lowest BCUT2D eigenvalue weighted by atomic mass is 10.0. The van der Waals surface area contributed by atoms with E-state index in [-0.39, 0.29) is 5.78 Å². The molecule has 0 aliphatic carbocycles. The third-order valence-electron chi connectivity index (χ3n) is 2.42. The monoisotopic (exact) mass is 228 g/mol. The zero-order chi connectivity index (χ0) is 12.3.